The van der Waals surface area contributed by atoms with Gasteiger partial charge in [0, 0.05) is 6.92 Å². The zero-order valence-electron chi connectivity index (χ0n) is 11.7. The van der Waals surface area contributed by atoms with Gasteiger partial charge in [-0.25, -0.2) is 4.98 Å². The fourth-order valence-corrected chi connectivity index (χ4v) is 2.45. The summed E-state index contributed by atoms with van der Waals surface area (Å²) in [6.07, 6.45) is 0. The molecule has 0 fully saturated rings. The van der Waals surface area contributed by atoms with Gasteiger partial charge in [-0.2, -0.15) is 0 Å². The van der Waals surface area contributed by atoms with E-state index in [4.69, 9.17) is 4.74 Å². The molecule has 0 bridgehead atoms. The Bertz CT molecular complexity index is 756. The molecule has 0 aliphatic heterocycles. The molecule has 0 radical (unpaired) electrons. The van der Waals surface area contributed by atoms with E-state index < -0.39 is 16.8 Å². The predicted octanol–water partition coefficient (Wildman–Crippen LogP) is 2.54. The second-order valence-electron chi connectivity index (χ2n) is 4.21. The number of hydrogen-bond donors (Lipinski definition) is 1. The number of thiazole rings is 1. The number of nitro groups is 1. The lowest BCUT2D eigenvalue weighted by Crippen LogP contribution is -2.14. The van der Waals surface area contributed by atoms with Crippen LogP contribution >= 0.6 is 11.3 Å². The highest BCUT2D eigenvalue weighted by Crippen LogP contribution is 2.30. The summed E-state index contributed by atoms with van der Waals surface area (Å²) in [6, 6.07) is 6.18. The molecule has 9 heteroatoms. The van der Waals surface area contributed by atoms with Gasteiger partial charge >= 0.3 is 11.0 Å². The Hall–Kier alpha value is -2.81. The van der Waals surface area contributed by atoms with Crippen molar-refractivity contribution in [3.63, 3.8) is 0 Å². The second-order valence-corrected chi connectivity index (χ2v) is 5.19. The number of ether oxygens (including phenoxy) is 1. The topological polar surface area (TPSA) is 111 Å². The number of anilines is 1. The normalized spacial score (nSPS) is 10.1. The Morgan fingerprint density at radius 1 is 1.36 bits per heavy atom. The first-order chi connectivity index (χ1) is 10.4. The van der Waals surface area contributed by atoms with E-state index in [1.165, 1.54) is 26.0 Å². The van der Waals surface area contributed by atoms with Crippen LogP contribution in [0.3, 0.4) is 0 Å². The van der Waals surface area contributed by atoms with Crippen LogP contribution in [0.5, 0.6) is 5.75 Å². The average molecular weight is 321 g/mol. The first-order valence-corrected chi connectivity index (χ1v) is 6.90. The van der Waals surface area contributed by atoms with Crippen LogP contribution in [-0.4, -0.2) is 21.8 Å². The number of para-hydroxylation sites is 1. The van der Waals surface area contributed by atoms with E-state index in [2.05, 4.69) is 10.3 Å². The number of hydrogen-bond acceptors (Lipinski definition) is 7. The summed E-state index contributed by atoms with van der Waals surface area (Å²) in [5, 5.41) is 13.2. The molecule has 1 heterocycles. The number of rotatable bonds is 4. The van der Waals surface area contributed by atoms with Gasteiger partial charge in [0.05, 0.1) is 10.5 Å². The van der Waals surface area contributed by atoms with Gasteiger partial charge in [-0.3, -0.25) is 25.0 Å². The van der Waals surface area contributed by atoms with Crippen LogP contribution in [-0.2, 0) is 4.79 Å². The first kappa shape index (κ1) is 15.6. The number of amides is 1. The molecule has 1 amide bonds. The number of carbonyl (C=O) groups is 2. The Morgan fingerprint density at radius 2 is 2.05 bits per heavy atom. The molecule has 8 nitrogen and oxygen atoms in total. The lowest BCUT2D eigenvalue weighted by molar-refractivity contribution is -0.380. The highest BCUT2D eigenvalue weighted by Gasteiger charge is 2.20. The quantitative estimate of drug-likeness (QED) is 0.401. The van der Waals surface area contributed by atoms with E-state index in [-0.39, 0.29) is 27.1 Å². The summed E-state index contributed by atoms with van der Waals surface area (Å²) in [5.74, 6) is -1.02. The summed E-state index contributed by atoms with van der Waals surface area (Å²) in [7, 11) is 0. The van der Waals surface area contributed by atoms with E-state index in [1.807, 2.05) is 0 Å². The summed E-state index contributed by atoms with van der Waals surface area (Å²) in [4.78, 5) is 37.4. The Kier molecular flexibility index (Phi) is 4.47. The predicted molar refractivity (Wildman–Crippen MR) is 79.2 cm³/mol. The maximum Gasteiger partial charge on any atom is 0.348 e. The van der Waals surface area contributed by atoms with Gasteiger partial charge in [-0.05, 0) is 30.4 Å². The molecule has 0 saturated heterocycles. The van der Waals surface area contributed by atoms with Crippen LogP contribution in [0.4, 0.5) is 10.1 Å². The molecule has 2 aromatic rings. The molecule has 114 valence electrons. The Balaban J connectivity index is 2.24. The maximum atomic E-state index is 12.2. The summed E-state index contributed by atoms with van der Waals surface area (Å²) < 4.78 is 4.95. The van der Waals surface area contributed by atoms with Gasteiger partial charge in [-0.15, -0.1) is 0 Å². The summed E-state index contributed by atoms with van der Waals surface area (Å²) in [5.41, 5.74) is 0.353. The molecule has 22 heavy (non-hydrogen) atoms. The van der Waals surface area contributed by atoms with Crippen molar-refractivity contribution in [3.8, 4) is 5.75 Å². The van der Waals surface area contributed by atoms with Crippen LogP contribution in [0, 0.1) is 17.0 Å². The van der Waals surface area contributed by atoms with E-state index in [1.54, 1.807) is 12.1 Å². The van der Waals surface area contributed by atoms with E-state index in [0.29, 0.717) is 0 Å². The molecule has 2 rings (SSSR count). The third-order valence-electron chi connectivity index (χ3n) is 2.54. The second kappa shape index (κ2) is 6.31. The highest BCUT2D eigenvalue weighted by molar-refractivity contribution is 7.19. The molecule has 1 N–H and O–H groups in total. The number of carbonyl (C=O) groups excluding carboxylic acids is 2. The van der Waals surface area contributed by atoms with Crippen molar-refractivity contribution < 1.29 is 19.2 Å². The van der Waals surface area contributed by atoms with Gasteiger partial charge in [-0.1, -0.05) is 12.1 Å². The summed E-state index contributed by atoms with van der Waals surface area (Å²) in [6.45, 7) is 2.71. The van der Waals surface area contributed by atoms with Crippen LogP contribution in [0.1, 0.15) is 23.0 Å². The number of benzene rings is 1. The van der Waals surface area contributed by atoms with Crippen molar-refractivity contribution in [2.75, 3.05) is 5.32 Å². The molecule has 1 aromatic heterocycles. The minimum absolute atomic E-state index is 0.104. The first-order valence-electron chi connectivity index (χ1n) is 6.09. The zero-order chi connectivity index (χ0) is 16.3. The van der Waals surface area contributed by atoms with Crippen LogP contribution in [0.2, 0.25) is 0 Å². The smallest absolute Gasteiger partial charge is 0.348 e. The molecular weight excluding hydrogens is 310 g/mol. The van der Waals surface area contributed by atoms with E-state index >= 15 is 0 Å². The fourth-order valence-electron chi connectivity index (χ4n) is 1.67. The lowest BCUT2D eigenvalue weighted by atomic mass is 10.2. The van der Waals surface area contributed by atoms with Gasteiger partial charge in [0.1, 0.15) is 11.4 Å². The molecule has 0 saturated carbocycles. The van der Waals surface area contributed by atoms with Crippen molar-refractivity contribution in [2.45, 2.75) is 13.8 Å². The standard InChI is InChI=1S/C13H11N3O5S/c1-7-12(16(19)20)22-13(14-7)15-11(18)9-5-3-4-6-10(9)21-8(2)17/h3-6H,1-2H3,(H,14,15,18). The monoisotopic (exact) mass is 321 g/mol. The zero-order valence-corrected chi connectivity index (χ0v) is 12.5. The van der Waals surface area contributed by atoms with Gasteiger partial charge in [0.2, 0.25) is 0 Å². The lowest BCUT2D eigenvalue weighted by Gasteiger charge is -2.07. The third kappa shape index (κ3) is 3.44. The van der Waals surface area contributed by atoms with E-state index in [0.717, 1.165) is 11.3 Å². The highest BCUT2D eigenvalue weighted by atomic mass is 32.1. The van der Waals surface area contributed by atoms with E-state index in [9.17, 15) is 19.7 Å². The van der Waals surface area contributed by atoms with Crippen LogP contribution < -0.4 is 10.1 Å². The molecular formula is C13H11N3O5S. The van der Waals surface area contributed by atoms with Gasteiger partial charge in [0.25, 0.3) is 5.91 Å². The van der Waals surface area contributed by atoms with Gasteiger partial charge in [0.15, 0.2) is 5.13 Å². The number of aryl methyl sites for hydroxylation is 1. The number of esters is 1. The molecule has 0 spiro atoms. The minimum Gasteiger partial charge on any atom is -0.426 e. The Labute approximate surface area is 128 Å². The maximum absolute atomic E-state index is 12.2. The molecule has 0 aliphatic carbocycles. The molecule has 1 aromatic carbocycles. The SMILES string of the molecule is CC(=O)Oc1ccccc1C(=O)Nc1nc(C)c([N+](=O)[O-])s1. The fraction of sp³-hybridized carbons (Fsp3) is 0.154. The summed E-state index contributed by atoms with van der Waals surface area (Å²) >= 11 is 0.760. The Morgan fingerprint density at radius 3 is 2.64 bits per heavy atom. The third-order valence-corrected chi connectivity index (χ3v) is 3.57. The molecule has 0 unspecified atom stereocenters. The van der Waals surface area contributed by atoms with Gasteiger partial charge < -0.3 is 4.74 Å². The average Bonchev–Trinajstić information content (AvgIpc) is 2.79. The van der Waals surface area contributed by atoms with Crippen molar-refractivity contribution in [1.82, 2.24) is 4.98 Å². The van der Waals surface area contributed by atoms with Crippen LogP contribution in [0.15, 0.2) is 24.3 Å². The largest absolute Gasteiger partial charge is 0.426 e. The number of aromatic nitrogens is 1. The minimum atomic E-state index is -0.569. The van der Waals surface area contributed by atoms with Crippen molar-refractivity contribution in [3.05, 3.63) is 45.6 Å². The molecule has 0 aliphatic rings. The molecule has 0 atom stereocenters. The number of nitrogens with one attached hydrogen (secondary N) is 1. The van der Waals surface area contributed by atoms with Crippen molar-refractivity contribution in [1.29, 1.82) is 0 Å². The van der Waals surface area contributed by atoms with Crippen molar-refractivity contribution >= 4 is 33.3 Å². The van der Waals surface area contributed by atoms with Crippen LogP contribution in [0.25, 0.3) is 0 Å². The van der Waals surface area contributed by atoms with Crippen molar-refractivity contribution in [2.24, 2.45) is 0 Å². The number of nitrogens with zero attached hydrogens (tertiary/aromatic N) is 2.